The lowest BCUT2D eigenvalue weighted by molar-refractivity contribution is -0.143. The molecular formula is C37H25F6P. The molecule has 0 heterocycles. The van der Waals surface area contributed by atoms with Gasteiger partial charge in [-0.1, -0.05) is 78.4 Å². The van der Waals surface area contributed by atoms with E-state index in [-0.39, 0.29) is 17.2 Å². The van der Waals surface area contributed by atoms with Crippen LogP contribution in [0.2, 0.25) is 0 Å². The van der Waals surface area contributed by atoms with Crippen LogP contribution in [-0.2, 0) is 12.4 Å². The molecule has 6 aromatic carbocycles. The van der Waals surface area contributed by atoms with E-state index in [4.69, 9.17) is 0 Å². The van der Waals surface area contributed by atoms with Crippen molar-refractivity contribution in [2.45, 2.75) is 19.3 Å². The number of benzene rings is 6. The van der Waals surface area contributed by atoms with Crippen molar-refractivity contribution in [1.29, 1.82) is 0 Å². The molecule has 0 nitrogen and oxygen atoms in total. The van der Waals surface area contributed by atoms with Crippen LogP contribution in [0.15, 0.2) is 121 Å². The van der Waals surface area contributed by atoms with E-state index in [0.717, 1.165) is 61.8 Å². The first-order valence-electron chi connectivity index (χ1n) is 13.8. The Balaban J connectivity index is 1.44. The molecule has 44 heavy (non-hydrogen) atoms. The fourth-order valence-electron chi connectivity index (χ4n) is 5.28. The number of fused-ring (bicyclic) bond motifs is 1. The molecule has 0 aliphatic heterocycles. The summed E-state index contributed by atoms with van der Waals surface area (Å²) >= 11 is 0. The maximum atomic E-state index is 13.5. The van der Waals surface area contributed by atoms with Gasteiger partial charge in [0.2, 0.25) is 0 Å². The van der Waals surface area contributed by atoms with Crippen molar-refractivity contribution in [1.82, 2.24) is 0 Å². The molecule has 0 aliphatic rings. The molecule has 6 aromatic rings. The molecule has 0 aliphatic carbocycles. The van der Waals surface area contributed by atoms with Crippen LogP contribution in [0.5, 0.6) is 0 Å². The quantitative estimate of drug-likeness (QED) is 0.137. The van der Waals surface area contributed by atoms with Crippen LogP contribution in [-0.4, -0.2) is 0 Å². The summed E-state index contributed by atoms with van der Waals surface area (Å²) in [5.74, 6) is 0. The zero-order chi connectivity index (χ0) is 31.2. The van der Waals surface area contributed by atoms with Crippen molar-refractivity contribution in [2.24, 2.45) is 0 Å². The molecule has 0 bridgehead atoms. The van der Waals surface area contributed by atoms with Crippen LogP contribution in [0.3, 0.4) is 0 Å². The standard InChI is InChI=1S/C37H25F6P/c1-22-2-4-23(5-3-22)29-16-30(24-10-12-35(44)13-11-24)18-31(17-29)27-8-6-26-15-28(9-7-25(26)14-27)32-19-33(36(38,39)40)21-34(20-32)37(41,42)43/h2-21H,44H2,1H3. The zero-order valence-electron chi connectivity index (χ0n) is 23.4. The number of hydrogen-bond acceptors (Lipinski definition) is 0. The normalized spacial score (nSPS) is 12.1. The summed E-state index contributed by atoms with van der Waals surface area (Å²) in [6.07, 6.45) is -9.82. The minimum Gasteiger partial charge on any atom is -0.166 e. The Kier molecular flexibility index (Phi) is 7.59. The molecular weight excluding hydrogens is 589 g/mol. The second-order valence-electron chi connectivity index (χ2n) is 10.9. The van der Waals surface area contributed by atoms with Gasteiger partial charge in [-0.25, -0.2) is 0 Å². The van der Waals surface area contributed by atoms with Gasteiger partial charge in [-0.05, 0) is 116 Å². The SMILES string of the molecule is Cc1ccc(-c2cc(-c3ccc(P)cc3)cc(-c3ccc4cc(-c5cc(C(F)(F)F)cc(C(F)(F)F)c5)ccc4c3)c2)cc1. The maximum absolute atomic E-state index is 13.5. The first kappa shape index (κ1) is 29.7. The first-order chi connectivity index (χ1) is 20.8. The average molecular weight is 615 g/mol. The number of aryl methyl sites for hydroxylation is 1. The van der Waals surface area contributed by atoms with Gasteiger partial charge in [0.05, 0.1) is 11.1 Å². The van der Waals surface area contributed by atoms with Crippen LogP contribution in [0.4, 0.5) is 26.3 Å². The molecule has 0 radical (unpaired) electrons. The Morgan fingerprint density at radius 2 is 0.750 bits per heavy atom. The van der Waals surface area contributed by atoms with E-state index >= 15 is 0 Å². The monoisotopic (exact) mass is 614 g/mol. The minimum atomic E-state index is -4.91. The smallest absolute Gasteiger partial charge is 0.166 e. The van der Waals surface area contributed by atoms with Crippen LogP contribution in [0.1, 0.15) is 16.7 Å². The van der Waals surface area contributed by atoms with Crippen LogP contribution in [0.25, 0.3) is 55.3 Å². The van der Waals surface area contributed by atoms with Gasteiger partial charge in [0.1, 0.15) is 0 Å². The molecule has 1 unspecified atom stereocenters. The topological polar surface area (TPSA) is 0 Å². The molecule has 6 rings (SSSR count). The van der Waals surface area contributed by atoms with E-state index in [1.54, 1.807) is 18.2 Å². The Morgan fingerprint density at radius 3 is 1.18 bits per heavy atom. The molecule has 0 N–H and O–H groups in total. The Labute approximate surface area is 253 Å². The highest BCUT2D eigenvalue weighted by Gasteiger charge is 2.37. The molecule has 0 amide bonds. The Hall–Kier alpha value is -4.41. The average Bonchev–Trinajstić information content (AvgIpc) is 3.00. The van der Waals surface area contributed by atoms with E-state index in [1.165, 1.54) is 0 Å². The minimum absolute atomic E-state index is 0.144. The molecule has 7 heteroatoms. The van der Waals surface area contributed by atoms with E-state index in [1.807, 2.05) is 37.3 Å². The van der Waals surface area contributed by atoms with Crippen molar-refractivity contribution in [3.05, 3.63) is 138 Å². The highest BCUT2D eigenvalue weighted by molar-refractivity contribution is 7.27. The van der Waals surface area contributed by atoms with Gasteiger partial charge in [0, 0.05) is 0 Å². The fraction of sp³-hybridized carbons (Fsp3) is 0.0811. The van der Waals surface area contributed by atoms with E-state index < -0.39 is 23.5 Å². The molecule has 0 saturated heterocycles. The summed E-state index contributed by atoms with van der Waals surface area (Å²) < 4.78 is 80.7. The van der Waals surface area contributed by atoms with Gasteiger partial charge >= 0.3 is 12.4 Å². The Bertz CT molecular complexity index is 1890. The van der Waals surface area contributed by atoms with Crippen molar-refractivity contribution >= 4 is 25.3 Å². The number of rotatable bonds is 4. The summed E-state index contributed by atoms with van der Waals surface area (Å²) in [6.45, 7) is 2.04. The molecule has 0 spiro atoms. The second-order valence-corrected chi connectivity index (χ2v) is 11.5. The van der Waals surface area contributed by atoms with Crippen LogP contribution in [0, 0.1) is 6.92 Å². The number of halogens is 6. The summed E-state index contributed by atoms with van der Waals surface area (Å²) in [6, 6.07) is 35.2. The lowest BCUT2D eigenvalue weighted by atomic mass is 9.91. The van der Waals surface area contributed by atoms with Crippen LogP contribution >= 0.6 is 9.24 Å². The third-order valence-electron chi connectivity index (χ3n) is 7.66. The van der Waals surface area contributed by atoms with Crippen LogP contribution < -0.4 is 5.30 Å². The molecule has 220 valence electrons. The zero-order valence-corrected chi connectivity index (χ0v) is 24.5. The lowest BCUT2D eigenvalue weighted by Crippen LogP contribution is -2.11. The molecule has 1 atom stereocenters. The largest absolute Gasteiger partial charge is 0.416 e. The predicted octanol–water partition coefficient (Wildman–Crippen LogP) is 11.4. The Morgan fingerprint density at radius 1 is 0.386 bits per heavy atom. The van der Waals surface area contributed by atoms with Gasteiger partial charge < -0.3 is 0 Å². The third kappa shape index (κ3) is 6.27. The van der Waals surface area contributed by atoms with Crippen molar-refractivity contribution in [3.63, 3.8) is 0 Å². The summed E-state index contributed by atoms with van der Waals surface area (Å²) in [5.41, 5.74) is 4.75. The fourth-order valence-corrected chi connectivity index (χ4v) is 5.47. The van der Waals surface area contributed by atoms with Gasteiger partial charge in [0.15, 0.2) is 0 Å². The number of alkyl halides is 6. The van der Waals surface area contributed by atoms with Crippen molar-refractivity contribution in [3.8, 4) is 44.5 Å². The van der Waals surface area contributed by atoms with E-state index in [2.05, 4.69) is 63.8 Å². The van der Waals surface area contributed by atoms with Gasteiger partial charge in [-0.15, -0.1) is 9.24 Å². The first-order valence-corrected chi connectivity index (χ1v) is 14.3. The lowest BCUT2D eigenvalue weighted by Gasteiger charge is -2.15. The predicted molar refractivity (Wildman–Crippen MR) is 170 cm³/mol. The van der Waals surface area contributed by atoms with Gasteiger partial charge in [-0.2, -0.15) is 26.3 Å². The summed E-state index contributed by atoms with van der Waals surface area (Å²) in [5, 5.41) is 2.59. The highest BCUT2D eigenvalue weighted by atomic mass is 31.0. The van der Waals surface area contributed by atoms with Crippen molar-refractivity contribution < 1.29 is 26.3 Å². The van der Waals surface area contributed by atoms with E-state index in [0.29, 0.717) is 5.39 Å². The highest BCUT2D eigenvalue weighted by Crippen LogP contribution is 2.40. The third-order valence-corrected chi connectivity index (χ3v) is 8.04. The molecule has 0 aromatic heterocycles. The summed E-state index contributed by atoms with van der Waals surface area (Å²) in [7, 11) is 2.69. The number of hydrogen-bond donors (Lipinski definition) is 0. The van der Waals surface area contributed by atoms with Crippen molar-refractivity contribution in [2.75, 3.05) is 0 Å². The second kappa shape index (κ2) is 11.3. The van der Waals surface area contributed by atoms with E-state index in [9.17, 15) is 26.3 Å². The molecule has 0 fully saturated rings. The summed E-state index contributed by atoms with van der Waals surface area (Å²) in [4.78, 5) is 0. The van der Waals surface area contributed by atoms with Gasteiger partial charge in [0.25, 0.3) is 0 Å². The van der Waals surface area contributed by atoms with Gasteiger partial charge in [-0.3, -0.25) is 0 Å². The molecule has 0 saturated carbocycles. The maximum Gasteiger partial charge on any atom is 0.416 e.